The maximum Gasteiger partial charge on any atom is 0.158 e. The molecule has 0 saturated carbocycles. The van der Waals surface area contributed by atoms with Gasteiger partial charge >= 0.3 is 0 Å². The van der Waals surface area contributed by atoms with E-state index in [0.29, 0.717) is 19.6 Å². The van der Waals surface area contributed by atoms with Crippen molar-refractivity contribution in [3.63, 3.8) is 0 Å². The van der Waals surface area contributed by atoms with Gasteiger partial charge < -0.3 is 9.47 Å². The second-order valence-corrected chi connectivity index (χ2v) is 2.36. The van der Waals surface area contributed by atoms with Crippen molar-refractivity contribution in [2.75, 3.05) is 19.8 Å². The minimum absolute atomic E-state index is 0.159. The maximum absolute atomic E-state index is 10.7. The van der Waals surface area contributed by atoms with Gasteiger partial charge in [0.15, 0.2) is 5.78 Å². The van der Waals surface area contributed by atoms with E-state index in [4.69, 9.17) is 9.47 Å². The third kappa shape index (κ3) is 2.08. The Kier molecular flexibility index (Phi) is 2.83. The zero-order valence-corrected chi connectivity index (χ0v) is 6.13. The molecule has 1 aliphatic heterocycles. The van der Waals surface area contributed by atoms with Gasteiger partial charge in [0.05, 0.1) is 13.2 Å². The number of ketones is 1. The maximum atomic E-state index is 10.7. The van der Waals surface area contributed by atoms with Gasteiger partial charge in [-0.1, -0.05) is 6.92 Å². The zero-order chi connectivity index (χ0) is 7.40. The van der Waals surface area contributed by atoms with Gasteiger partial charge in [-0.15, -0.1) is 0 Å². The van der Waals surface area contributed by atoms with E-state index >= 15 is 0 Å². The number of Topliss-reactive ketones (excluding diaryl/α,β-unsaturated/α-hetero) is 1. The molecule has 10 heavy (non-hydrogen) atoms. The molecule has 0 aromatic rings. The molecule has 58 valence electrons. The minimum atomic E-state index is 0.159. The lowest BCUT2D eigenvalue weighted by atomic mass is 10.3. The summed E-state index contributed by atoms with van der Waals surface area (Å²) in [5.41, 5.74) is 0. The van der Waals surface area contributed by atoms with Crippen LogP contribution in [0.4, 0.5) is 0 Å². The molecule has 1 rings (SSSR count). The Morgan fingerprint density at radius 1 is 1.70 bits per heavy atom. The van der Waals surface area contributed by atoms with E-state index in [9.17, 15) is 4.79 Å². The summed E-state index contributed by atoms with van der Waals surface area (Å²) >= 11 is 0. The van der Waals surface area contributed by atoms with Crippen molar-refractivity contribution < 1.29 is 14.3 Å². The third-order valence-corrected chi connectivity index (χ3v) is 1.48. The van der Waals surface area contributed by atoms with E-state index in [2.05, 4.69) is 0 Å². The van der Waals surface area contributed by atoms with Crippen LogP contribution in [0.3, 0.4) is 0 Å². The Morgan fingerprint density at radius 3 is 2.80 bits per heavy atom. The molecule has 0 aromatic carbocycles. The van der Waals surface area contributed by atoms with Gasteiger partial charge in [-0.3, -0.25) is 4.79 Å². The van der Waals surface area contributed by atoms with Crippen molar-refractivity contribution in [3.8, 4) is 0 Å². The van der Waals surface area contributed by atoms with Crippen molar-refractivity contribution in [2.45, 2.75) is 19.4 Å². The summed E-state index contributed by atoms with van der Waals surface area (Å²) in [4.78, 5) is 10.7. The fourth-order valence-electron chi connectivity index (χ4n) is 0.623. The Hall–Kier alpha value is -0.410. The fraction of sp³-hybridized carbons (Fsp3) is 0.857. The van der Waals surface area contributed by atoms with Crippen molar-refractivity contribution in [1.29, 1.82) is 0 Å². The minimum Gasteiger partial charge on any atom is -0.376 e. The Bertz CT molecular complexity index is 118. The van der Waals surface area contributed by atoms with Gasteiger partial charge in [-0.25, -0.2) is 0 Å². The molecule has 0 aliphatic carbocycles. The van der Waals surface area contributed by atoms with Crippen LogP contribution in [0.2, 0.25) is 0 Å². The predicted molar refractivity (Wildman–Crippen MR) is 35.9 cm³/mol. The summed E-state index contributed by atoms with van der Waals surface area (Å²) in [5, 5.41) is 0. The fourth-order valence-corrected chi connectivity index (χ4v) is 0.623. The summed E-state index contributed by atoms with van der Waals surface area (Å²) in [7, 11) is 0. The molecule has 1 heterocycles. The molecule has 0 bridgehead atoms. The number of hydrogen-bond acceptors (Lipinski definition) is 3. The van der Waals surface area contributed by atoms with Crippen molar-refractivity contribution in [2.24, 2.45) is 0 Å². The van der Waals surface area contributed by atoms with Crippen LogP contribution in [0.1, 0.15) is 13.3 Å². The molecule has 1 aliphatic rings. The number of carbonyl (C=O) groups is 1. The molecular weight excluding hydrogens is 132 g/mol. The topological polar surface area (TPSA) is 35.5 Å². The van der Waals surface area contributed by atoms with E-state index in [1.54, 1.807) is 0 Å². The first kappa shape index (κ1) is 7.69. The second kappa shape index (κ2) is 3.68. The van der Waals surface area contributed by atoms with Gasteiger partial charge in [-0.05, 0) is 0 Å². The number of ether oxygens (including phenoxy) is 2. The highest BCUT2D eigenvalue weighted by molar-refractivity contribution is 5.79. The summed E-state index contributed by atoms with van der Waals surface area (Å²) < 4.78 is 10.0. The molecule has 0 amide bonds. The van der Waals surface area contributed by atoms with Gasteiger partial charge in [-0.2, -0.15) is 0 Å². The summed E-state index contributed by atoms with van der Waals surface area (Å²) in [5.74, 6) is 0.159. The van der Waals surface area contributed by atoms with Crippen molar-refractivity contribution in [1.82, 2.24) is 0 Å². The predicted octanol–water partition coefficient (Wildman–Crippen LogP) is 0.381. The zero-order valence-electron chi connectivity index (χ0n) is 6.13. The van der Waals surface area contributed by atoms with Gasteiger partial charge in [0, 0.05) is 6.42 Å². The SMILES string of the molecule is CCC(=O)COC1COC1. The monoisotopic (exact) mass is 144 g/mol. The van der Waals surface area contributed by atoms with Gasteiger partial charge in [0.1, 0.15) is 12.7 Å². The van der Waals surface area contributed by atoms with E-state index in [0.717, 1.165) is 0 Å². The van der Waals surface area contributed by atoms with Crippen LogP contribution in [0, 0.1) is 0 Å². The molecule has 0 aromatic heterocycles. The molecule has 0 N–H and O–H groups in total. The Morgan fingerprint density at radius 2 is 2.40 bits per heavy atom. The number of rotatable bonds is 4. The summed E-state index contributed by atoms with van der Waals surface area (Å²) in [6.07, 6.45) is 0.739. The molecule has 0 radical (unpaired) electrons. The normalized spacial score (nSPS) is 18.5. The molecular formula is C7H12O3. The van der Waals surface area contributed by atoms with E-state index in [1.807, 2.05) is 6.92 Å². The highest BCUT2D eigenvalue weighted by Gasteiger charge is 2.19. The first-order valence-electron chi connectivity index (χ1n) is 3.54. The summed E-state index contributed by atoms with van der Waals surface area (Å²) in [6, 6.07) is 0. The lowest BCUT2D eigenvalue weighted by molar-refractivity contribution is -0.146. The smallest absolute Gasteiger partial charge is 0.158 e. The van der Waals surface area contributed by atoms with Crippen molar-refractivity contribution >= 4 is 5.78 Å². The highest BCUT2D eigenvalue weighted by Crippen LogP contribution is 2.04. The highest BCUT2D eigenvalue weighted by atomic mass is 16.6. The van der Waals surface area contributed by atoms with Crippen molar-refractivity contribution in [3.05, 3.63) is 0 Å². The average Bonchev–Trinajstić information content (AvgIpc) is 1.84. The van der Waals surface area contributed by atoms with Crippen LogP contribution >= 0.6 is 0 Å². The second-order valence-electron chi connectivity index (χ2n) is 2.36. The Balaban J connectivity index is 1.98. The van der Waals surface area contributed by atoms with E-state index in [1.165, 1.54) is 0 Å². The third-order valence-electron chi connectivity index (χ3n) is 1.48. The van der Waals surface area contributed by atoms with E-state index < -0.39 is 0 Å². The largest absolute Gasteiger partial charge is 0.376 e. The first-order chi connectivity index (χ1) is 4.83. The summed E-state index contributed by atoms with van der Waals surface area (Å²) in [6.45, 7) is 3.39. The molecule has 3 nitrogen and oxygen atoms in total. The van der Waals surface area contributed by atoms with Crippen LogP contribution in [0.25, 0.3) is 0 Å². The molecule has 0 atom stereocenters. The molecule has 0 unspecified atom stereocenters. The van der Waals surface area contributed by atoms with Crippen LogP contribution < -0.4 is 0 Å². The lowest BCUT2D eigenvalue weighted by Crippen LogP contribution is -2.37. The molecule has 0 spiro atoms. The number of hydrogen-bond donors (Lipinski definition) is 0. The molecule has 1 saturated heterocycles. The van der Waals surface area contributed by atoms with Crippen LogP contribution in [0.15, 0.2) is 0 Å². The van der Waals surface area contributed by atoms with Crippen LogP contribution in [-0.2, 0) is 14.3 Å². The standard InChI is InChI=1S/C7H12O3/c1-2-6(8)3-10-7-4-9-5-7/h7H,2-5H2,1H3. The van der Waals surface area contributed by atoms with Gasteiger partial charge in [0.25, 0.3) is 0 Å². The van der Waals surface area contributed by atoms with E-state index in [-0.39, 0.29) is 18.5 Å². The van der Waals surface area contributed by atoms with Crippen LogP contribution in [-0.4, -0.2) is 31.7 Å². The Labute approximate surface area is 60.3 Å². The number of carbonyl (C=O) groups excluding carboxylic acids is 1. The van der Waals surface area contributed by atoms with Crippen LogP contribution in [0.5, 0.6) is 0 Å². The van der Waals surface area contributed by atoms with Gasteiger partial charge in [0.2, 0.25) is 0 Å². The molecule has 3 heteroatoms. The lowest BCUT2D eigenvalue weighted by Gasteiger charge is -2.25. The first-order valence-corrected chi connectivity index (χ1v) is 3.54. The average molecular weight is 144 g/mol. The quantitative estimate of drug-likeness (QED) is 0.572. The molecule has 1 fully saturated rings.